The zero-order chi connectivity index (χ0) is 15.5. The molecule has 1 aromatic carbocycles. The van der Waals surface area contributed by atoms with E-state index in [9.17, 15) is 4.79 Å². The molecular formula is C16H19ClN2O2. The molecule has 0 aliphatic heterocycles. The van der Waals surface area contributed by atoms with Crippen molar-refractivity contribution in [1.82, 2.24) is 5.32 Å². The minimum Gasteiger partial charge on any atom is -0.467 e. The van der Waals surface area contributed by atoms with Gasteiger partial charge in [-0.15, -0.1) is 0 Å². The first-order valence-corrected chi connectivity index (χ1v) is 7.12. The molecule has 0 fully saturated rings. The molecule has 0 spiro atoms. The van der Waals surface area contributed by atoms with E-state index in [1.165, 1.54) is 6.26 Å². The fourth-order valence-electron chi connectivity index (χ4n) is 2.01. The molecule has 0 bridgehead atoms. The van der Waals surface area contributed by atoms with Crippen molar-refractivity contribution in [3.8, 4) is 0 Å². The third kappa shape index (κ3) is 3.86. The fraction of sp³-hybridized carbons (Fsp3) is 0.312. The smallest absolute Gasteiger partial charge is 0.254 e. The summed E-state index contributed by atoms with van der Waals surface area (Å²) < 4.78 is 5.16. The van der Waals surface area contributed by atoms with Crippen LogP contribution in [0.15, 0.2) is 41.0 Å². The van der Waals surface area contributed by atoms with Crippen LogP contribution in [0.25, 0.3) is 0 Å². The molecule has 2 rings (SSSR count). The summed E-state index contributed by atoms with van der Waals surface area (Å²) in [7, 11) is 0. The van der Waals surface area contributed by atoms with Gasteiger partial charge >= 0.3 is 0 Å². The topological polar surface area (TPSA) is 68.3 Å². The lowest BCUT2D eigenvalue weighted by molar-refractivity contribution is 0.0945. The minimum absolute atomic E-state index is 0.166. The van der Waals surface area contributed by atoms with Crippen molar-refractivity contribution in [2.75, 3.05) is 6.54 Å². The Hall–Kier alpha value is -1.78. The number of halogens is 1. The summed E-state index contributed by atoms with van der Waals surface area (Å²) in [6, 6.07) is 9.30. The van der Waals surface area contributed by atoms with Gasteiger partial charge in [-0.3, -0.25) is 4.79 Å². The highest BCUT2D eigenvalue weighted by Gasteiger charge is 2.22. The SMILES string of the molecule is CC(C)(CNC(=O)c1coc(CN)c1)c1ccc(Cl)cc1. The first kappa shape index (κ1) is 15.6. The van der Waals surface area contributed by atoms with E-state index in [0.29, 0.717) is 22.9 Å². The third-order valence-electron chi connectivity index (χ3n) is 3.43. The second kappa shape index (κ2) is 6.33. The highest BCUT2D eigenvalue weighted by molar-refractivity contribution is 6.30. The number of carbonyl (C=O) groups is 1. The van der Waals surface area contributed by atoms with Crippen LogP contribution in [-0.4, -0.2) is 12.5 Å². The van der Waals surface area contributed by atoms with Crippen LogP contribution in [0.4, 0.5) is 0 Å². The van der Waals surface area contributed by atoms with Crippen molar-refractivity contribution in [1.29, 1.82) is 0 Å². The Morgan fingerprint density at radius 1 is 1.33 bits per heavy atom. The van der Waals surface area contributed by atoms with Gasteiger partial charge in [-0.1, -0.05) is 37.6 Å². The van der Waals surface area contributed by atoms with Gasteiger partial charge in [0.05, 0.1) is 12.1 Å². The molecule has 5 heteroatoms. The summed E-state index contributed by atoms with van der Waals surface area (Å²) in [5, 5.41) is 3.62. The Labute approximate surface area is 129 Å². The lowest BCUT2D eigenvalue weighted by atomic mass is 9.84. The average molecular weight is 307 g/mol. The zero-order valence-corrected chi connectivity index (χ0v) is 12.9. The number of nitrogens with two attached hydrogens (primary N) is 1. The van der Waals surface area contributed by atoms with Crippen LogP contribution < -0.4 is 11.1 Å². The molecule has 0 radical (unpaired) electrons. The Morgan fingerprint density at radius 2 is 2.00 bits per heavy atom. The molecular weight excluding hydrogens is 288 g/mol. The maximum atomic E-state index is 12.1. The van der Waals surface area contributed by atoms with E-state index < -0.39 is 0 Å². The molecule has 0 aliphatic carbocycles. The normalized spacial score (nSPS) is 11.4. The maximum Gasteiger partial charge on any atom is 0.254 e. The van der Waals surface area contributed by atoms with Crippen molar-refractivity contribution in [3.63, 3.8) is 0 Å². The van der Waals surface area contributed by atoms with Crippen molar-refractivity contribution < 1.29 is 9.21 Å². The van der Waals surface area contributed by atoms with E-state index in [1.807, 2.05) is 24.3 Å². The summed E-state index contributed by atoms with van der Waals surface area (Å²) in [5.74, 6) is 0.428. The zero-order valence-electron chi connectivity index (χ0n) is 12.2. The summed E-state index contributed by atoms with van der Waals surface area (Å²) >= 11 is 5.89. The van der Waals surface area contributed by atoms with Crippen LogP contribution in [0.3, 0.4) is 0 Å². The second-order valence-corrected chi connectivity index (χ2v) is 6.02. The van der Waals surface area contributed by atoms with E-state index in [-0.39, 0.29) is 17.9 Å². The molecule has 1 heterocycles. The first-order chi connectivity index (χ1) is 9.92. The van der Waals surface area contributed by atoms with Crippen molar-refractivity contribution in [2.24, 2.45) is 5.73 Å². The van der Waals surface area contributed by atoms with Gasteiger partial charge in [0.1, 0.15) is 12.0 Å². The molecule has 112 valence electrons. The van der Waals surface area contributed by atoms with Crippen molar-refractivity contribution in [2.45, 2.75) is 25.8 Å². The van der Waals surface area contributed by atoms with Crippen molar-refractivity contribution >= 4 is 17.5 Å². The van der Waals surface area contributed by atoms with Crippen LogP contribution in [-0.2, 0) is 12.0 Å². The highest BCUT2D eigenvalue weighted by Crippen LogP contribution is 2.24. The van der Waals surface area contributed by atoms with Gasteiger partial charge in [-0.25, -0.2) is 0 Å². The van der Waals surface area contributed by atoms with Gasteiger partial charge in [0, 0.05) is 17.0 Å². The molecule has 0 saturated heterocycles. The van der Waals surface area contributed by atoms with Gasteiger partial charge in [-0.05, 0) is 23.8 Å². The quantitative estimate of drug-likeness (QED) is 0.892. The fourth-order valence-corrected chi connectivity index (χ4v) is 2.14. The van der Waals surface area contributed by atoms with E-state index in [0.717, 1.165) is 5.56 Å². The number of rotatable bonds is 5. The van der Waals surface area contributed by atoms with E-state index >= 15 is 0 Å². The maximum absolute atomic E-state index is 12.1. The number of benzene rings is 1. The summed E-state index contributed by atoms with van der Waals surface area (Å²) in [6.45, 7) is 4.93. The number of hydrogen-bond donors (Lipinski definition) is 2. The van der Waals surface area contributed by atoms with Gasteiger partial charge in [0.2, 0.25) is 0 Å². The number of furan rings is 1. The molecule has 2 aromatic rings. The average Bonchev–Trinajstić information content (AvgIpc) is 2.94. The molecule has 4 nitrogen and oxygen atoms in total. The number of hydrogen-bond acceptors (Lipinski definition) is 3. The molecule has 3 N–H and O–H groups in total. The van der Waals surface area contributed by atoms with Gasteiger partial charge in [0.25, 0.3) is 5.91 Å². The molecule has 0 saturated carbocycles. The molecule has 1 amide bonds. The Balaban J connectivity index is 2.00. The van der Waals surface area contributed by atoms with Gasteiger partial charge < -0.3 is 15.5 Å². The molecule has 0 aliphatic rings. The standard InChI is InChI=1S/C16H19ClN2O2/c1-16(2,12-3-5-13(17)6-4-12)10-19-15(20)11-7-14(8-18)21-9-11/h3-7,9H,8,10,18H2,1-2H3,(H,19,20). The summed E-state index contributed by atoms with van der Waals surface area (Å²) in [5.41, 5.74) is 6.87. The van der Waals surface area contributed by atoms with Crippen LogP contribution in [0, 0.1) is 0 Å². The summed E-state index contributed by atoms with van der Waals surface area (Å²) in [4.78, 5) is 12.1. The predicted octanol–water partition coefficient (Wildman–Crippen LogP) is 3.10. The van der Waals surface area contributed by atoms with E-state index in [2.05, 4.69) is 19.2 Å². The van der Waals surface area contributed by atoms with Crippen LogP contribution in [0.2, 0.25) is 5.02 Å². The number of nitrogens with one attached hydrogen (secondary N) is 1. The highest BCUT2D eigenvalue weighted by atomic mass is 35.5. The first-order valence-electron chi connectivity index (χ1n) is 6.74. The Bertz CT molecular complexity index is 617. The monoisotopic (exact) mass is 306 g/mol. The van der Waals surface area contributed by atoms with Gasteiger partial charge in [0.15, 0.2) is 0 Å². The second-order valence-electron chi connectivity index (χ2n) is 5.58. The Kier molecular flexibility index (Phi) is 4.70. The lowest BCUT2D eigenvalue weighted by Crippen LogP contribution is -2.36. The number of carbonyl (C=O) groups excluding carboxylic acids is 1. The Morgan fingerprint density at radius 3 is 2.57 bits per heavy atom. The third-order valence-corrected chi connectivity index (χ3v) is 3.69. The largest absolute Gasteiger partial charge is 0.467 e. The van der Waals surface area contributed by atoms with Crippen LogP contribution >= 0.6 is 11.6 Å². The number of amides is 1. The van der Waals surface area contributed by atoms with E-state index in [1.54, 1.807) is 6.07 Å². The predicted molar refractivity (Wildman–Crippen MR) is 83.4 cm³/mol. The molecule has 0 atom stereocenters. The lowest BCUT2D eigenvalue weighted by Gasteiger charge is -2.25. The minimum atomic E-state index is -0.194. The molecule has 1 aromatic heterocycles. The molecule has 21 heavy (non-hydrogen) atoms. The molecule has 0 unspecified atom stereocenters. The van der Waals surface area contributed by atoms with Crippen molar-refractivity contribution in [3.05, 3.63) is 58.5 Å². The summed E-state index contributed by atoms with van der Waals surface area (Å²) in [6.07, 6.45) is 1.42. The van der Waals surface area contributed by atoms with Crippen LogP contribution in [0.1, 0.15) is 35.5 Å². The van der Waals surface area contributed by atoms with E-state index in [4.69, 9.17) is 21.8 Å². The van der Waals surface area contributed by atoms with Crippen LogP contribution in [0.5, 0.6) is 0 Å². The van der Waals surface area contributed by atoms with Gasteiger partial charge in [-0.2, -0.15) is 0 Å².